The van der Waals surface area contributed by atoms with Crippen molar-refractivity contribution in [2.75, 3.05) is 14.2 Å². The Hall–Kier alpha value is -3.00. The van der Waals surface area contributed by atoms with Gasteiger partial charge in [-0.05, 0) is 44.8 Å². The SMILES string of the molecule is CC/C=C/C=C/[C@@]1(C)OC([C@@H]2[C@@H](C)[C@H]3C(=O)C(OC)=C([C@H](C)[C@@H](C)O)[C@]2(C)C3=O)=C(C(=O)OC)C1=O. The summed E-state index contributed by atoms with van der Waals surface area (Å²) in [4.78, 5) is 53.7. The summed E-state index contributed by atoms with van der Waals surface area (Å²) in [6, 6.07) is 0. The Kier molecular flexibility index (Phi) is 7.51. The summed E-state index contributed by atoms with van der Waals surface area (Å²) in [5.74, 6) is -5.25. The van der Waals surface area contributed by atoms with E-state index in [0.29, 0.717) is 5.57 Å². The van der Waals surface area contributed by atoms with E-state index in [0.717, 1.165) is 6.42 Å². The van der Waals surface area contributed by atoms with Crippen LogP contribution in [0.25, 0.3) is 0 Å². The van der Waals surface area contributed by atoms with Crippen molar-refractivity contribution in [1.29, 1.82) is 0 Å². The number of fused-ring (bicyclic) bond motifs is 2. The summed E-state index contributed by atoms with van der Waals surface area (Å²) < 4.78 is 16.7. The number of esters is 1. The van der Waals surface area contributed by atoms with Crippen molar-refractivity contribution in [2.24, 2.45) is 29.1 Å². The molecule has 3 rings (SSSR count). The van der Waals surface area contributed by atoms with Crippen LogP contribution in [0.3, 0.4) is 0 Å². The summed E-state index contributed by atoms with van der Waals surface area (Å²) in [7, 11) is 2.53. The van der Waals surface area contributed by atoms with Gasteiger partial charge in [-0.3, -0.25) is 14.4 Å². The van der Waals surface area contributed by atoms with Gasteiger partial charge in [-0.2, -0.15) is 0 Å². The van der Waals surface area contributed by atoms with Crippen molar-refractivity contribution in [3.8, 4) is 0 Å². The molecule has 0 radical (unpaired) electrons. The molecule has 7 atom stereocenters. The second-order valence-corrected chi connectivity index (χ2v) is 10.2. The molecule has 0 amide bonds. The van der Waals surface area contributed by atoms with Gasteiger partial charge in [-0.15, -0.1) is 0 Å². The number of methoxy groups -OCH3 is 2. The zero-order chi connectivity index (χ0) is 27.2. The van der Waals surface area contributed by atoms with Crippen molar-refractivity contribution >= 4 is 23.3 Å². The van der Waals surface area contributed by atoms with Gasteiger partial charge in [0.05, 0.1) is 31.7 Å². The molecule has 8 nitrogen and oxygen atoms in total. The molecule has 0 aromatic heterocycles. The lowest BCUT2D eigenvalue weighted by Gasteiger charge is -2.40. The van der Waals surface area contributed by atoms with Crippen LogP contribution in [0, 0.1) is 29.1 Å². The fraction of sp³-hybridized carbons (Fsp3) is 0.571. The first-order valence-electron chi connectivity index (χ1n) is 12.3. The number of aliphatic hydroxyl groups excluding tert-OH is 1. The predicted octanol–water partition coefficient (Wildman–Crippen LogP) is 3.25. The fourth-order valence-electron chi connectivity index (χ4n) is 6.00. The molecule has 1 saturated carbocycles. The van der Waals surface area contributed by atoms with E-state index in [2.05, 4.69) is 0 Å². The van der Waals surface area contributed by atoms with Crippen molar-refractivity contribution in [3.05, 3.63) is 47.0 Å². The second kappa shape index (κ2) is 9.81. The monoisotopic (exact) mass is 500 g/mol. The van der Waals surface area contributed by atoms with Crippen molar-refractivity contribution in [3.63, 3.8) is 0 Å². The Labute approximate surface area is 212 Å². The van der Waals surface area contributed by atoms with E-state index in [-0.39, 0.29) is 22.9 Å². The molecule has 36 heavy (non-hydrogen) atoms. The number of allylic oxidation sites excluding steroid dienone is 5. The average molecular weight is 501 g/mol. The van der Waals surface area contributed by atoms with Crippen LogP contribution in [0.4, 0.5) is 0 Å². The van der Waals surface area contributed by atoms with Gasteiger partial charge >= 0.3 is 5.97 Å². The second-order valence-electron chi connectivity index (χ2n) is 10.2. The maximum absolute atomic E-state index is 13.8. The molecule has 0 spiro atoms. The van der Waals surface area contributed by atoms with Crippen LogP contribution in [0.15, 0.2) is 47.0 Å². The maximum atomic E-state index is 13.8. The summed E-state index contributed by atoms with van der Waals surface area (Å²) in [5.41, 5.74) is -2.77. The Balaban J connectivity index is 2.28. The Morgan fingerprint density at radius 3 is 2.33 bits per heavy atom. The highest BCUT2D eigenvalue weighted by Crippen LogP contribution is 2.62. The van der Waals surface area contributed by atoms with E-state index in [1.54, 1.807) is 52.8 Å². The van der Waals surface area contributed by atoms with Gasteiger partial charge in [0.25, 0.3) is 0 Å². The number of rotatable bonds is 8. The van der Waals surface area contributed by atoms with E-state index in [4.69, 9.17) is 14.2 Å². The smallest absolute Gasteiger partial charge is 0.345 e. The molecule has 0 aromatic rings. The highest BCUT2D eigenvalue weighted by Gasteiger charge is 2.68. The lowest BCUT2D eigenvalue weighted by Crippen LogP contribution is -2.44. The lowest BCUT2D eigenvalue weighted by atomic mass is 9.64. The van der Waals surface area contributed by atoms with Crippen LogP contribution >= 0.6 is 0 Å². The molecule has 196 valence electrons. The number of Topliss-reactive ketones (excluding diaryl/α,β-unsaturated/α-hetero) is 3. The zero-order valence-corrected chi connectivity index (χ0v) is 22.2. The third-order valence-corrected chi connectivity index (χ3v) is 7.98. The topological polar surface area (TPSA) is 116 Å². The van der Waals surface area contributed by atoms with Gasteiger partial charge in [0.1, 0.15) is 11.3 Å². The lowest BCUT2D eigenvalue weighted by molar-refractivity contribution is -0.139. The minimum atomic E-state index is -1.50. The van der Waals surface area contributed by atoms with Crippen LogP contribution in [0.2, 0.25) is 0 Å². The number of aliphatic hydroxyl groups is 1. The molecule has 2 aliphatic carbocycles. The number of hydrogen-bond acceptors (Lipinski definition) is 8. The van der Waals surface area contributed by atoms with E-state index < -0.39 is 58.3 Å². The minimum absolute atomic E-state index is 0.0322. The molecule has 1 aliphatic heterocycles. The molecule has 1 fully saturated rings. The molecule has 1 heterocycles. The first-order chi connectivity index (χ1) is 16.8. The van der Waals surface area contributed by atoms with E-state index in [1.807, 2.05) is 13.0 Å². The number of ether oxygens (including phenoxy) is 3. The molecule has 0 saturated heterocycles. The van der Waals surface area contributed by atoms with Crippen molar-refractivity contribution < 1.29 is 38.5 Å². The van der Waals surface area contributed by atoms with Gasteiger partial charge in [-0.1, -0.05) is 39.0 Å². The van der Waals surface area contributed by atoms with Crippen LogP contribution in [0.1, 0.15) is 48.0 Å². The number of hydrogen-bond donors (Lipinski definition) is 1. The maximum Gasteiger partial charge on any atom is 0.345 e. The third-order valence-electron chi connectivity index (χ3n) is 7.98. The van der Waals surface area contributed by atoms with E-state index in [9.17, 15) is 24.3 Å². The molecule has 1 N–H and O–H groups in total. The van der Waals surface area contributed by atoms with Gasteiger partial charge in [-0.25, -0.2) is 4.79 Å². The van der Waals surface area contributed by atoms with Crippen LogP contribution in [-0.4, -0.2) is 54.4 Å². The predicted molar refractivity (Wildman–Crippen MR) is 131 cm³/mol. The van der Waals surface area contributed by atoms with Crippen LogP contribution in [0.5, 0.6) is 0 Å². The highest BCUT2D eigenvalue weighted by molar-refractivity contribution is 6.23. The average Bonchev–Trinajstić information content (AvgIpc) is 3.16. The molecule has 2 bridgehead atoms. The molecule has 0 aromatic carbocycles. The summed E-state index contributed by atoms with van der Waals surface area (Å²) >= 11 is 0. The van der Waals surface area contributed by atoms with Gasteiger partial charge in [0, 0.05) is 11.8 Å². The molecular weight excluding hydrogens is 464 g/mol. The van der Waals surface area contributed by atoms with Crippen LogP contribution in [-0.2, 0) is 33.4 Å². The number of carbonyl (C=O) groups excluding carboxylic acids is 4. The van der Waals surface area contributed by atoms with Gasteiger partial charge < -0.3 is 19.3 Å². The summed E-state index contributed by atoms with van der Waals surface area (Å²) in [6.45, 7) is 10.2. The first kappa shape index (κ1) is 27.6. The number of carbonyl (C=O) groups is 4. The van der Waals surface area contributed by atoms with Crippen molar-refractivity contribution in [2.45, 2.75) is 59.7 Å². The quantitative estimate of drug-likeness (QED) is 0.234. The molecular formula is C28H36O8. The third kappa shape index (κ3) is 3.86. The first-order valence-corrected chi connectivity index (χ1v) is 12.3. The molecule has 0 unspecified atom stereocenters. The molecule has 8 heteroatoms. The van der Waals surface area contributed by atoms with Gasteiger partial charge in [0.15, 0.2) is 17.1 Å². The summed E-state index contributed by atoms with van der Waals surface area (Å²) in [6.07, 6.45) is 6.84. The fourth-order valence-corrected chi connectivity index (χ4v) is 6.00. The normalized spacial score (nSPS) is 34.1. The Bertz CT molecular complexity index is 1110. The molecule has 3 aliphatic rings. The standard InChI is InChI=1S/C28H36O8/c1-9-10-11-12-13-27(5)24(31)18(26(33)35-8)22(36-27)20-15(3)17-21(30)23(34-7)19(14(2)16(4)29)28(20,6)25(17)32/h10-17,20,29H,9H2,1-8H3/b11-10+,13-12+/t14-,15+,16-,17+,20+,27-,28+/m1/s1. The minimum Gasteiger partial charge on any atom is -0.493 e. The van der Waals surface area contributed by atoms with E-state index in [1.165, 1.54) is 14.2 Å². The zero-order valence-electron chi connectivity index (χ0n) is 22.2. The number of ketones is 3. The Morgan fingerprint density at radius 2 is 1.81 bits per heavy atom. The summed E-state index contributed by atoms with van der Waals surface area (Å²) in [5, 5.41) is 10.5. The van der Waals surface area contributed by atoms with Crippen LogP contribution < -0.4 is 0 Å². The van der Waals surface area contributed by atoms with Crippen molar-refractivity contribution in [1.82, 2.24) is 0 Å². The Morgan fingerprint density at radius 1 is 1.17 bits per heavy atom. The highest BCUT2D eigenvalue weighted by atomic mass is 16.5. The largest absolute Gasteiger partial charge is 0.493 e. The van der Waals surface area contributed by atoms with Gasteiger partial charge in [0.2, 0.25) is 11.6 Å². The van der Waals surface area contributed by atoms with E-state index >= 15 is 0 Å².